The second kappa shape index (κ2) is 12.6. The van der Waals surface area contributed by atoms with E-state index in [1.54, 1.807) is 12.1 Å². The Labute approximate surface area is 236 Å². The van der Waals surface area contributed by atoms with Gasteiger partial charge in [-0.25, -0.2) is 9.38 Å². The molecule has 2 heterocycles. The molecule has 210 valence electrons. The molecule has 7 nitrogen and oxygen atoms in total. The average Bonchev–Trinajstić information content (AvgIpc) is 2.97. The van der Waals surface area contributed by atoms with Crippen molar-refractivity contribution in [3.63, 3.8) is 0 Å². The van der Waals surface area contributed by atoms with Crippen molar-refractivity contribution in [1.82, 2.24) is 14.7 Å². The van der Waals surface area contributed by atoms with Crippen molar-refractivity contribution in [2.75, 3.05) is 65.4 Å². The second-order valence-corrected chi connectivity index (χ2v) is 10.7. The Morgan fingerprint density at radius 1 is 0.950 bits per heavy atom. The first-order chi connectivity index (χ1) is 19.4. The van der Waals surface area contributed by atoms with Crippen LogP contribution in [0.2, 0.25) is 0 Å². The van der Waals surface area contributed by atoms with E-state index in [2.05, 4.69) is 45.8 Å². The number of anilines is 1. The predicted octanol–water partition coefficient (Wildman–Crippen LogP) is 5.17. The van der Waals surface area contributed by atoms with Crippen LogP contribution in [-0.2, 0) is 9.53 Å². The predicted molar refractivity (Wildman–Crippen MR) is 158 cm³/mol. The Morgan fingerprint density at radius 2 is 1.60 bits per heavy atom. The number of esters is 1. The van der Waals surface area contributed by atoms with Gasteiger partial charge in [-0.05, 0) is 75.1 Å². The lowest BCUT2D eigenvalue weighted by atomic mass is 9.97. The van der Waals surface area contributed by atoms with E-state index in [-0.39, 0.29) is 24.2 Å². The number of carbonyl (C=O) groups is 1. The van der Waals surface area contributed by atoms with Crippen LogP contribution in [0.1, 0.15) is 24.4 Å². The van der Waals surface area contributed by atoms with Gasteiger partial charge in [0.2, 0.25) is 5.96 Å². The van der Waals surface area contributed by atoms with Gasteiger partial charge in [0.1, 0.15) is 5.82 Å². The first-order valence-electron chi connectivity index (χ1n) is 13.9. The maximum atomic E-state index is 13.5. The largest absolute Gasteiger partial charge is 0.469 e. The van der Waals surface area contributed by atoms with Gasteiger partial charge in [0.25, 0.3) is 0 Å². The van der Waals surface area contributed by atoms with Crippen LogP contribution in [0.25, 0.3) is 11.1 Å². The van der Waals surface area contributed by atoms with Crippen molar-refractivity contribution in [1.29, 1.82) is 0 Å². The summed E-state index contributed by atoms with van der Waals surface area (Å²) in [5.74, 6) is 0.339. The Bertz CT molecular complexity index is 1320. The van der Waals surface area contributed by atoms with Crippen molar-refractivity contribution in [2.45, 2.75) is 18.9 Å². The van der Waals surface area contributed by atoms with Crippen LogP contribution in [0.4, 0.5) is 15.8 Å². The third kappa shape index (κ3) is 6.35. The summed E-state index contributed by atoms with van der Waals surface area (Å²) in [6.07, 6.45) is 1.35. The number of para-hydroxylation sites is 1. The number of ether oxygens (including phenoxy) is 1. The Hall–Kier alpha value is -3.75. The molecule has 1 saturated heterocycles. The van der Waals surface area contributed by atoms with Crippen LogP contribution >= 0.6 is 0 Å². The lowest BCUT2D eigenvalue weighted by Crippen LogP contribution is -2.55. The highest BCUT2D eigenvalue weighted by molar-refractivity contribution is 6.01. The third-order valence-electron chi connectivity index (χ3n) is 7.69. The molecule has 2 aliphatic rings. The molecule has 0 spiro atoms. The van der Waals surface area contributed by atoms with E-state index in [1.165, 1.54) is 19.2 Å². The van der Waals surface area contributed by atoms with Crippen LogP contribution in [0.5, 0.6) is 0 Å². The lowest BCUT2D eigenvalue weighted by molar-refractivity contribution is -0.141. The van der Waals surface area contributed by atoms with Crippen LogP contribution in [0.3, 0.4) is 0 Å². The maximum Gasteiger partial charge on any atom is 0.307 e. The molecule has 0 aliphatic carbocycles. The number of hydrogen-bond donors (Lipinski definition) is 0. The Kier molecular flexibility index (Phi) is 8.77. The topological polar surface area (TPSA) is 51.6 Å². The summed E-state index contributed by atoms with van der Waals surface area (Å²) in [6.45, 7) is 5.82. The SMILES string of the molecule is COC(=O)CC1c2ccccc2N=C(N2CCN(CCCN(C)C)CC2)N1c1ccc(-c2ccc(F)cc2)cc1. The molecule has 3 aromatic rings. The van der Waals surface area contributed by atoms with Gasteiger partial charge in [0.05, 0.1) is 25.3 Å². The van der Waals surface area contributed by atoms with E-state index >= 15 is 0 Å². The summed E-state index contributed by atoms with van der Waals surface area (Å²) in [6, 6.07) is 22.5. The number of nitrogens with zero attached hydrogens (tertiary/aromatic N) is 5. The minimum atomic E-state index is -0.264. The van der Waals surface area contributed by atoms with Gasteiger partial charge >= 0.3 is 5.97 Å². The molecule has 3 aromatic carbocycles. The highest BCUT2D eigenvalue weighted by Gasteiger charge is 2.36. The molecule has 0 saturated carbocycles. The fourth-order valence-electron chi connectivity index (χ4n) is 5.51. The number of rotatable bonds is 8. The van der Waals surface area contributed by atoms with Crippen LogP contribution in [0, 0.1) is 5.82 Å². The molecule has 8 heteroatoms. The summed E-state index contributed by atoms with van der Waals surface area (Å²) in [5.41, 5.74) is 4.78. The summed E-state index contributed by atoms with van der Waals surface area (Å²) in [5, 5.41) is 0. The quantitative estimate of drug-likeness (QED) is 0.365. The lowest BCUT2D eigenvalue weighted by Gasteiger charge is -2.44. The molecule has 40 heavy (non-hydrogen) atoms. The van der Waals surface area contributed by atoms with E-state index in [0.29, 0.717) is 0 Å². The van der Waals surface area contributed by atoms with Crippen molar-refractivity contribution < 1.29 is 13.9 Å². The zero-order chi connectivity index (χ0) is 28.1. The summed E-state index contributed by atoms with van der Waals surface area (Å²) < 4.78 is 18.6. The average molecular weight is 544 g/mol. The van der Waals surface area contributed by atoms with Crippen LogP contribution in [-0.4, -0.2) is 87.1 Å². The van der Waals surface area contributed by atoms with E-state index in [1.807, 2.05) is 36.4 Å². The molecule has 0 amide bonds. The Morgan fingerprint density at radius 3 is 2.25 bits per heavy atom. The summed E-state index contributed by atoms with van der Waals surface area (Å²) in [7, 11) is 5.66. The molecule has 0 bridgehead atoms. The minimum Gasteiger partial charge on any atom is -0.469 e. The highest BCUT2D eigenvalue weighted by atomic mass is 19.1. The fourth-order valence-corrected chi connectivity index (χ4v) is 5.51. The molecule has 0 N–H and O–H groups in total. The summed E-state index contributed by atoms with van der Waals surface area (Å²) >= 11 is 0. The molecule has 1 atom stereocenters. The van der Waals surface area contributed by atoms with Gasteiger partial charge in [-0.1, -0.05) is 42.5 Å². The van der Waals surface area contributed by atoms with Crippen molar-refractivity contribution >= 4 is 23.3 Å². The Balaban J connectivity index is 1.46. The molecule has 1 fully saturated rings. The van der Waals surface area contributed by atoms with Crippen LogP contribution in [0.15, 0.2) is 77.8 Å². The number of halogens is 1. The number of guanidine groups is 1. The van der Waals surface area contributed by atoms with Gasteiger partial charge in [-0.3, -0.25) is 9.69 Å². The van der Waals surface area contributed by atoms with E-state index in [4.69, 9.17) is 9.73 Å². The van der Waals surface area contributed by atoms with Gasteiger partial charge in [-0.15, -0.1) is 0 Å². The smallest absolute Gasteiger partial charge is 0.307 e. The van der Waals surface area contributed by atoms with Crippen LogP contribution < -0.4 is 4.90 Å². The zero-order valence-corrected chi connectivity index (χ0v) is 23.6. The number of methoxy groups -OCH3 is 1. The van der Waals surface area contributed by atoms with E-state index in [9.17, 15) is 9.18 Å². The monoisotopic (exact) mass is 543 g/mol. The second-order valence-electron chi connectivity index (χ2n) is 10.7. The van der Waals surface area contributed by atoms with Crippen molar-refractivity contribution in [3.8, 4) is 11.1 Å². The van der Waals surface area contributed by atoms with Crippen molar-refractivity contribution in [3.05, 3.63) is 84.2 Å². The first kappa shape index (κ1) is 27.8. The number of aliphatic imine (C=N–C) groups is 1. The fraction of sp³-hybridized carbons (Fsp3) is 0.375. The van der Waals surface area contributed by atoms with Gasteiger partial charge < -0.3 is 19.4 Å². The zero-order valence-electron chi connectivity index (χ0n) is 23.6. The molecular weight excluding hydrogens is 505 g/mol. The molecule has 0 aromatic heterocycles. The molecule has 5 rings (SSSR count). The van der Waals surface area contributed by atoms with Gasteiger partial charge in [0.15, 0.2) is 0 Å². The molecule has 0 radical (unpaired) electrons. The highest BCUT2D eigenvalue weighted by Crippen LogP contribution is 2.41. The third-order valence-corrected chi connectivity index (χ3v) is 7.69. The minimum absolute atomic E-state index is 0.205. The maximum absolute atomic E-state index is 13.5. The van der Waals surface area contributed by atoms with E-state index in [0.717, 1.165) is 79.7 Å². The first-order valence-corrected chi connectivity index (χ1v) is 13.9. The number of piperazine rings is 1. The van der Waals surface area contributed by atoms with Gasteiger partial charge in [0, 0.05) is 37.4 Å². The van der Waals surface area contributed by atoms with E-state index < -0.39 is 0 Å². The normalized spacial score (nSPS) is 17.5. The molecule has 2 aliphatic heterocycles. The number of hydrogen-bond acceptors (Lipinski definition) is 7. The number of carbonyl (C=O) groups excluding carboxylic acids is 1. The van der Waals surface area contributed by atoms with Crippen molar-refractivity contribution in [2.24, 2.45) is 4.99 Å². The molecule has 1 unspecified atom stereocenters. The standard InChI is InChI=1S/C32H38FN5O2/c1-35(2)17-6-18-36-19-21-37(22-20-36)32-34-29-8-5-4-7-28(29)30(23-31(39)40-3)38(32)27-15-11-25(12-16-27)24-9-13-26(33)14-10-24/h4-5,7-16,30H,6,17-23H2,1-3H3. The number of fused-ring (bicyclic) bond motifs is 1. The number of benzene rings is 3. The summed E-state index contributed by atoms with van der Waals surface area (Å²) in [4.78, 5) is 27.1. The van der Waals surface area contributed by atoms with Gasteiger partial charge in [-0.2, -0.15) is 0 Å². The molecular formula is C32H38FN5O2.